The summed E-state index contributed by atoms with van der Waals surface area (Å²) in [4.78, 5) is 12.1. The molecule has 1 N–H and O–H groups in total. The van der Waals surface area contributed by atoms with Crippen LogP contribution in [0, 0.1) is 11.3 Å². The molecule has 1 aromatic carbocycles. The smallest absolute Gasteiger partial charge is 0.273 e. The molecule has 0 aliphatic rings. The van der Waals surface area contributed by atoms with Gasteiger partial charge in [-0.05, 0) is 45.9 Å². The summed E-state index contributed by atoms with van der Waals surface area (Å²) in [7, 11) is 1.65. The van der Waals surface area contributed by atoms with E-state index in [1.807, 2.05) is 12.1 Å². The summed E-state index contributed by atoms with van der Waals surface area (Å²) in [6.07, 6.45) is 0. The number of nitrogens with one attached hydrogen (secondary N) is 1. The van der Waals surface area contributed by atoms with E-state index in [9.17, 15) is 4.79 Å². The maximum atomic E-state index is 11.2. The van der Waals surface area contributed by atoms with E-state index in [1.54, 1.807) is 13.1 Å². The van der Waals surface area contributed by atoms with Crippen LogP contribution >= 0.6 is 27.7 Å². The zero-order chi connectivity index (χ0) is 12.4. The SMILES string of the molecule is Cn1c(Sc2ccc(C#N)c(Br)c2)n[nH]c1=O. The molecular weight excluding hydrogens is 304 g/mol. The second kappa shape index (κ2) is 4.77. The molecule has 2 aromatic rings. The van der Waals surface area contributed by atoms with E-state index >= 15 is 0 Å². The highest BCUT2D eigenvalue weighted by atomic mass is 79.9. The van der Waals surface area contributed by atoms with Crippen LogP contribution in [0.5, 0.6) is 0 Å². The van der Waals surface area contributed by atoms with E-state index in [0.29, 0.717) is 10.7 Å². The van der Waals surface area contributed by atoms with Gasteiger partial charge in [0.25, 0.3) is 0 Å². The van der Waals surface area contributed by atoms with Gasteiger partial charge in [-0.15, -0.1) is 5.10 Å². The van der Waals surface area contributed by atoms with Crippen LogP contribution in [0.25, 0.3) is 0 Å². The van der Waals surface area contributed by atoms with Crippen LogP contribution in [-0.2, 0) is 7.05 Å². The predicted octanol–water partition coefficient (Wildman–Crippen LogP) is 1.89. The maximum Gasteiger partial charge on any atom is 0.343 e. The number of rotatable bonds is 2. The molecule has 0 saturated heterocycles. The van der Waals surface area contributed by atoms with Crippen molar-refractivity contribution in [2.45, 2.75) is 10.1 Å². The highest BCUT2D eigenvalue weighted by Crippen LogP contribution is 2.28. The molecule has 7 heteroatoms. The lowest BCUT2D eigenvalue weighted by Gasteiger charge is -2.01. The van der Waals surface area contributed by atoms with Crippen molar-refractivity contribution in [3.05, 3.63) is 38.7 Å². The van der Waals surface area contributed by atoms with Crippen molar-refractivity contribution in [3.63, 3.8) is 0 Å². The standard InChI is InChI=1S/C10H7BrN4OS/c1-15-9(16)13-14-10(15)17-7-3-2-6(5-12)8(11)4-7/h2-4H,1H3,(H,13,16). The number of nitriles is 1. The first-order valence-corrected chi connectivity index (χ1v) is 6.21. The van der Waals surface area contributed by atoms with Gasteiger partial charge in [0.05, 0.1) is 5.56 Å². The van der Waals surface area contributed by atoms with Gasteiger partial charge in [0.2, 0.25) is 0 Å². The molecule has 2 rings (SSSR count). The highest BCUT2D eigenvalue weighted by Gasteiger charge is 2.07. The Hall–Kier alpha value is -1.52. The molecule has 0 radical (unpaired) electrons. The third kappa shape index (κ3) is 2.43. The second-order valence-electron chi connectivity index (χ2n) is 3.23. The Morgan fingerprint density at radius 1 is 1.59 bits per heavy atom. The fourth-order valence-electron chi connectivity index (χ4n) is 1.18. The number of hydrogen-bond donors (Lipinski definition) is 1. The van der Waals surface area contributed by atoms with Crippen molar-refractivity contribution < 1.29 is 0 Å². The molecule has 1 heterocycles. The number of aromatic amines is 1. The molecule has 0 bridgehead atoms. The number of nitrogens with zero attached hydrogens (tertiary/aromatic N) is 3. The van der Waals surface area contributed by atoms with Gasteiger partial charge in [0.1, 0.15) is 6.07 Å². The van der Waals surface area contributed by atoms with Gasteiger partial charge in [-0.2, -0.15) is 5.26 Å². The summed E-state index contributed by atoms with van der Waals surface area (Å²) in [5.74, 6) is 0. The lowest BCUT2D eigenvalue weighted by molar-refractivity contribution is 0.766. The molecule has 0 spiro atoms. The monoisotopic (exact) mass is 310 g/mol. The molecule has 0 amide bonds. The highest BCUT2D eigenvalue weighted by molar-refractivity contribution is 9.10. The van der Waals surface area contributed by atoms with Crippen molar-refractivity contribution in [1.82, 2.24) is 14.8 Å². The Balaban J connectivity index is 2.32. The fourth-order valence-corrected chi connectivity index (χ4v) is 2.63. The van der Waals surface area contributed by atoms with E-state index in [4.69, 9.17) is 5.26 Å². The van der Waals surface area contributed by atoms with E-state index in [-0.39, 0.29) is 5.69 Å². The van der Waals surface area contributed by atoms with E-state index in [0.717, 1.165) is 9.37 Å². The summed E-state index contributed by atoms with van der Waals surface area (Å²) >= 11 is 4.66. The molecule has 0 saturated carbocycles. The minimum Gasteiger partial charge on any atom is -0.273 e. The van der Waals surface area contributed by atoms with Crippen molar-refractivity contribution in [2.24, 2.45) is 7.05 Å². The maximum absolute atomic E-state index is 11.2. The van der Waals surface area contributed by atoms with Crippen molar-refractivity contribution in [3.8, 4) is 6.07 Å². The van der Waals surface area contributed by atoms with E-state index < -0.39 is 0 Å². The van der Waals surface area contributed by atoms with Crippen LogP contribution in [0.15, 0.2) is 37.5 Å². The first-order chi connectivity index (χ1) is 8.11. The Labute approximate surface area is 110 Å². The van der Waals surface area contributed by atoms with Gasteiger partial charge < -0.3 is 0 Å². The molecular formula is C10H7BrN4OS. The third-order valence-electron chi connectivity index (χ3n) is 2.11. The van der Waals surface area contributed by atoms with Crippen molar-refractivity contribution >= 4 is 27.7 Å². The second-order valence-corrected chi connectivity index (χ2v) is 5.12. The predicted molar refractivity (Wildman–Crippen MR) is 66.8 cm³/mol. The normalized spacial score (nSPS) is 10.2. The van der Waals surface area contributed by atoms with Gasteiger partial charge in [-0.3, -0.25) is 4.57 Å². The quantitative estimate of drug-likeness (QED) is 0.919. The lowest BCUT2D eigenvalue weighted by atomic mass is 10.2. The van der Waals surface area contributed by atoms with Gasteiger partial charge in [0, 0.05) is 16.4 Å². The molecule has 17 heavy (non-hydrogen) atoms. The van der Waals surface area contributed by atoms with Crippen LogP contribution in [0.3, 0.4) is 0 Å². The van der Waals surface area contributed by atoms with Gasteiger partial charge in [0.15, 0.2) is 5.16 Å². The summed E-state index contributed by atoms with van der Waals surface area (Å²) < 4.78 is 2.15. The number of halogens is 1. The molecule has 0 fully saturated rings. The first kappa shape index (κ1) is 12.0. The van der Waals surface area contributed by atoms with Crippen LogP contribution in [0.2, 0.25) is 0 Å². The number of benzene rings is 1. The molecule has 0 atom stereocenters. The number of aromatic nitrogens is 3. The first-order valence-electron chi connectivity index (χ1n) is 4.60. The van der Waals surface area contributed by atoms with Gasteiger partial charge >= 0.3 is 5.69 Å². The largest absolute Gasteiger partial charge is 0.343 e. The van der Waals surface area contributed by atoms with Crippen molar-refractivity contribution in [1.29, 1.82) is 5.26 Å². The summed E-state index contributed by atoms with van der Waals surface area (Å²) in [5.41, 5.74) is 0.325. The zero-order valence-corrected chi connectivity index (χ0v) is 11.2. The van der Waals surface area contributed by atoms with Crippen molar-refractivity contribution in [2.75, 3.05) is 0 Å². The number of hydrogen-bond acceptors (Lipinski definition) is 4. The molecule has 5 nitrogen and oxygen atoms in total. The average Bonchev–Trinajstić information content (AvgIpc) is 2.61. The Morgan fingerprint density at radius 3 is 2.88 bits per heavy atom. The van der Waals surface area contributed by atoms with E-state index in [2.05, 4.69) is 32.2 Å². The third-order valence-corrected chi connectivity index (χ3v) is 3.80. The molecule has 0 aliphatic heterocycles. The molecule has 0 unspecified atom stereocenters. The van der Waals surface area contributed by atoms with Gasteiger partial charge in [-0.1, -0.05) is 0 Å². The average molecular weight is 311 g/mol. The van der Waals surface area contributed by atoms with Crippen LogP contribution in [0.1, 0.15) is 5.56 Å². The topological polar surface area (TPSA) is 74.5 Å². The Kier molecular flexibility index (Phi) is 3.36. The number of H-pyrrole nitrogens is 1. The lowest BCUT2D eigenvalue weighted by Crippen LogP contribution is -2.12. The zero-order valence-electron chi connectivity index (χ0n) is 8.77. The summed E-state index contributed by atoms with van der Waals surface area (Å²) in [6, 6.07) is 7.42. The Morgan fingerprint density at radius 2 is 2.35 bits per heavy atom. The minimum atomic E-state index is -0.250. The fraction of sp³-hybridized carbons (Fsp3) is 0.100. The molecule has 1 aromatic heterocycles. The molecule has 0 aliphatic carbocycles. The minimum absolute atomic E-state index is 0.250. The summed E-state index contributed by atoms with van der Waals surface area (Å²) in [6.45, 7) is 0. The van der Waals surface area contributed by atoms with E-state index in [1.165, 1.54) is 16.3 Å². The van der Waals surface area contributed by atoms with Gasteiger partial charge in [-0.25, -0.2) is 9.89 Å². The van der Waals surface area contributed by atoms with Crippen LogP contribution < -0.4 is 5.69 Å². The van der Waals surface area contributed by atoms with Crippen LogP contribution in [-0.4, -0.2) is 14.8 Å². The molecule has 86 valence electrons. The summed E-state index contributed by atoms with van der Waals surface area (Å²) in [5, 5.41) is 15.6. The Bertz CT molecular complexity index is 655. The van der Waals surface area contributed by atoms with Crippen LogP contribution in [0.4, 0.5) is 0 Å².